The molecule has 9 nitrogen and oxygen atoms in total. The number of aromatic nitrogens is 3. The number of nitrogens with zero attached hydrogens (tertiary/aromatic N) is 2. The van der Waals surface area contributed by atoms with Crippen LogP contribution in [-0.2, 0) is 9.53 Å². The van der Waals surface area contributed by atoms with E-state index in [9.17, 15) is 9.59 Å². The summed E-state index contributed by atoms with van der Waals surface area (Å²) in [6.07, 6.45) is 4.97. The van der Waals surface area contributed by atoms with E-state index in [4.69, 9.17) is 9.47 Å². The number of nitrogens with one attached hydrogen (secondary N) is 3. The summed E-state index contributed by atoms with van der Waals surface area (Å²) in [5.74, 6) is 0.527. The van der Waals surface area contributed by atoms with Crippen LogP contribution in [0.25, 0.3) is 6.08 Å². The van der Waals surface area contributed by atoms with Crippen molar-refractivity contribution < 1.29 is 19.1 Å². The highest BCUT2D eigenvalue weighted by Crippen LogP contribution is 2.33. The van der Waals surface area contributed by atoms with Crippen molar-refractivity contribution in [2.75, 3.05) is 17.2 Å². The highest BCUT2D eigenvalue weighted by atomic mass is 16.6. The molecular weight excluding hydrogens is 326 g/mol. The SMILES string of the molecule is CC(=O)OCC1(C)C=Cc2cc(NC(=O)Nc3ncn[nH]3)ccc2O1. The van der Waals surface area contributed by atoms with Crippen molar-refractivity contribution in [1.29, 1.82) is 0 Å². The summed E-state index contributed by atoms with van der Waals surface area (Å²) in [6, 6.07) is 4.79. The van der Waals surface area contributed by atoms with Gasteiger partial charge in [-0.1, -0.05) is 6.08 Å². The molecule has 130 valence electrons. The Morgan fingerprint density at radius 3 is 2.92 bits per heavy atom. The van der Waals surface area contributed by atoms with Gasteiger partial charge in [-0.3, -0.25) is 10.1 Å². The molecule has 1 aliphatic rings. The number of hydrogen-bond acceptors (Lipinski definition) is 6. The predicted molar refractivity (Wildman–Crippen MR) is 90.2 cm³/mol. The first-order chi connectivity index (χ1) is 11.9. The van der Waals surface area contributed by atoms with Gasteiger partial charge in [-0.2, -0.15) is 10.1 Å². The van der Waals surface area contributed by atoms with Gasteiger partial charge < -0.3 is 14.8 Å². The topological polar surface area (TPSA) is 118 Å². The number of anilines is 2. The second-order valence-electron chi connectivity index (χ2n) is 5.69. The molecule has 0 aliphatic carbocycles. The van der Waals surface area contributed by atoms with Crippen LogP contribution in [0.5, 0.6) is 5.75 Å². The molecular formula is C16H17N5O4. The molecule has 0 radical (unpaired) electrons. The Kier molecular flexibility index (Phi) is 4.38. The second kappa shape index (κ2) is 6.63. The lowest BCUT2D eigenvalue weighted by Crippen LogP contribution is -2.37. The molecule has 2 heterocycles. The van der Waals surface area contributed by atoms with Crippen molar-refractivity contribution in [2.24, 2.45) is 0 Å². The number of aromatic amines is 1. The quantitative estimate of drug-likeness (QED) is 0.732. The summed E-state index contributed by atoms with van der Waals surface area (Å²) in [5, 5.41) is 11.4. The lowest BCUT2D eigenvalue weighted by Gasteiger charge is -2.31. The number of fused-ring (bicyclic) bond motifs is 1. The standard InChI is InChI=1S/C16H17N5O4/c1-10(22)24-8-16(2)6-5-11-7-12(3-4-13(11)25-16)19-15(23)20-14-17-9-18-21-14/h3-7,9H,8H2,1-2H3,(H3,17,18,19,20,21,23). The summed E-state index contributed by atoms with van der Waals surface area (Å²) < 4.78 is 10.9. The molecule has 0 saturated carbocycles. The fraction of sp³-hybridized carbons (Fsp3) is 0.250. The maximum absolute atomic E-state index is 11.9. The molecule has 1 aliphatic heterocycles. The first-order valence-corrected chi connectivity index (χ1v) is 7.53. The van der Waals surface area contributed by atoms with Crippen molar-refractivity contribution >= 4 is 29.7 Å². The van der Waals surface area contributed by atoms with Crippen LogP contribution in [0.4, 0.5) is 16.4 Å². The Balaban J connectivity index is 1.66. The number of hydrogen-bond donors (Lipinski definition) is 3. The summed E-state index contributed by atoms with van der Waals surface area (Å²) in [5.41, 5.74) is 0.669. The number of ether oxygens (including phenoxy) is 2. The molecule has 2 aromatic rings. The van der Waals surface area contributed by atoms with Crippen molar-refractivity contribution in [3.8, 4) is 5.75 Å². The van der Waals surface area contributed by atoms with Gasteiger partial charge in [0, 0.05) is 18.2 Å². The zero-order chi connectivity index (χ0) is 17.9. The molecule has 1 unspecified atom stereocenters. The molecule has 1 aromatic heterocycles. The maximum atomic E-state index is 11.9. The van der Waals surface area contributed by atoms with E-state index in [1.807, 2.05) is 19.1 Å². The van der Waals surface area contributed by atoms with Crippen molar-refractivity contribution in [3.05, 3.63) is 36.2 Å². The number of urea groups is 1. The van der Waals surface area contributed by atoms with Gasteiger partial charge in [-0.05, 0) is 31.2 Å². The number of H-pyrrole nitrogens is 1. The fourth-order valence-corrected chi connectivity index (χ4v) is 2.26. The Hall–Kier alpha value is -3.36. The minimum atomic E-state index is -0.725. The molecule has 0 bridgehead atoms. The molecule has 0 fully saturated rings. The second-order valence-corrected chi connectivity index (χ2v) is 5.69. The number of carbonyl (C=O) groups is 2. The molecule has 25 heavy (non-hydrogen) atoms. The van der Waals surface area contributed by atoms with E-state index < -0.39 is 11.6 Å². The maximum Gasteiger partial charge on any atom is 0.326 e. The number of rotatable bonds is 4. The summed E-state index contributed by atoms with van der Waals surface area (Å²) in [7, 11) is 0. The van der Waals surface area contributed by atoms with Gasteiger partial charge in [0.2, 0.25) is 5.95 Å². The minimum absolute atomic E-state index is 0.123. The van der Waals surface area contributed by atoms with Crippen LogP contribution in [0, 0.1) is 0 Å². The Bertz CT molecular complexity index is 818. The average Bonchev–Trinajstić information content (AvgIpc) is 3.06. The van der Waals surface area contributed by atoms with Crippen molar-refractivity contribution in [1.82, 2.24) is 15.2 Å². The van der Waals surface area contributed by atoms with Crippen LogP contribution in [-0.4, -0.2) is 39.4 Å². The predicted octanol–water partition coefficient (Wildman–Crippen LogP) is 2.18. The number of esters is 1. The molecule has 0 saturated heterocycles. The van der Waals surface area contributed by atoms with Crippen LogP contribution < -0.4 is 15.4 Å². The van der Waals surface area contributed by atoms with Gasteiger partial charge in [-0.15, -0.1) is 0 Å². The van der Waals surface area contributed by atoms with Crippen LogP contribution in [0.2, 0.25) is 0 Å². The lowest BCUT2D eigenvalue weighted by atomic mass is 10.0. The van der Waals surface area contributed by atoms with Gasteiger partial charge in [0.25, 0.3) is 0 Å². The van der Waals surface area contributed by atoms with E-state index in [2.05, 4.69) is 25.8 Å². The first-order valence-electron chi connectivity index (χ1n) is 7.53. The summed E-state index contributed by atoms with van der Waals surface area (Å²) in [6.45, 7) is 3.30. The van der Waals surface area contributed by atoms with E-state index in [-0.39, 0.29) is 18.5 Å². The number of benzene rings is 1. The Labute approximate surface area is 143 Å². The van der Waals surface area contributed by atoms with Gasteiger partial charge in [0.1, 0.15) is 18.7 Å². The zero-order valence-corrected chi connectivity index (χ0v) is 13.7. The Morgan fingerprint density at radius 2 is 2.20 bits per heavy atom. The molecule has 3 N–H and O–H groups in total. The molecule has 3 rings (SSSR count). The first kappa shape index (κ1) is 16.5. The number of carbonyl (C=O) groups excluding carboxylic acids is 2. The molecule has 1 aromatic carbocycles. The highest BCUT2D eigenvalue weighted by molar-refractivity contribution is 5.98. The van der Waals surface area contributed by atoms with Gasteiger partial charge in [-0.25, -0.2) is 9.89 Å². The third-order valence-electron chi connectivity index (χ3n) is 3.44. The lowest BCUT2D eigenvalue weighted by molar-refractivity contribution is -0.145. The third kappa shape index (κ3) is 4.14. The average molecular weight is 343 g/mol. The van der Waals surface area contributed by atoms with Crippen LogP contribution in [0.3, 0.4) is 0 Å². The smallest absolute Gasteiger partial charge is 0.326 e. The monoisotopic (exact) mass is 343 g/mol. The van der Waals surface area contributed by atoms with E-state index in [0.29, 0.717) is 11.4 Å². The van der Waals surface area contributed by atoms with Crippen LogP contribution in [0.1, 0.15) is 19.4 Å². The van der Waals surface area contributed by atoms with Gasteiger partial charge in [0.15, 0.2) is 5.60 Å². The molecule has 0 spiro atoms. The molecule has 1 atom stereocenters. The van der Waals surface area contributed by atoms with Crippen LogP contribution >= 0.6 is 0 Å². The minimum Gasteiger partial charge on any atom is -0.479 e. The largest absolute Gasteiger partial charge is 0.479 e. The molecule has 9 heteroatoms. The Morgan fingerprint density at radius 1 is 1.36 bits per heavy atom. The summed E-state index contributed by atoms with van der Waals surface area (Å²) in [4.78, 5) is 26.7. The third-order valence-corrected chi connectivity index (χ3v) is 3.44. The van der Waals surface area contributed by atoms with Crippen LogP contribution in [0.15, 0.2) is 30.6 Å². The fourth-order valence-electron chi connectivity index (χ4n) is 2.26. The van der Waals surface area contributed by atoms with Crippen molar-refractivity contribution in [3.63, 3.8) is 0 Å². The van der Waals surface area contributed by atoms with Gasteiger partial charge in [0.05, 0.1) is 0 Å². The summed E-state index contributed by atoms with van der Waals surface area (Å²) >= 11 is 0. The highest BCUT2D eigenvalue weighted by Gasteiger charge is 2.29. The number of amides is 2. The molecule has 2 amide bonds. The van der Waals surface area contributed by atoms with E-state index >= 15 is 0 Å². The normalized spacial score (nSPS) is 18.0. The zero-order valence-electron chi connectivity index (χ0n) is 13.7. The van der Waals surface area contributed by atoms with E-state index in [0.717, 1.165) is 5.56 Å². The van der Waals surface area contributed by atoms with Crippen molar-refractivity contribution in [2.45, 2.75) is 19.4 Å². The van der Waals surface area contributed by atoms with E-state index in [1.54, 1.807) is 18.2 Å². The van der Waals surface area contributed by atoms with Gasteiger partial charge >= 0.3 is 12.0 Å². The van der Waals surface area contributed by atoms with E-state index in [1.165, 1.54) is 13.3 Å².